The second-order valence-corrected chi connectivity index (χ2v) is 7.51. The number of ketones is 2. The maximum Gasteiger partial charge on any atom is 0.192 e. The Bertz CT molecular complexity index is 1170. The van der Waals surface area contributed by atoms with Gasteiger partial charge in [0.1, 0.15) is 23.0 Å². The Hall–Kier alpha value is -4.18. The van der Waals surface area contributed by atoms with Crippen molar-refractivity contribution in [3.05, 3.63) is 138 Å². The van der Waals surface area contributed by atoms with E-state index >= 15 is 0 Å². The summed E-state index contributed by atoms with van der Waals surface area (Å²) in [6.07, 6.45) is 10.2. The minimum absolute atomic E-state index is 0.0438. The fraction of sp³-hybridized carbons (Fsp3) is 0.133. The van der Waals surface area contributed by atoms with Crippen LogP contribution in [0.15, 0.2) is 121 Å². The van der Waals surface area contributed by atoms with Crippen LogP contribution < -0.4 is 4.74 Å². The molecule has 0 atom stereocenters. The zero-order valence-corrected chi connectivity index (χ0v) is 20.1. The largest absolute Gasteiger partial charge is 0.458 e. The van der Waals surface area contributed by atoms with Crippen LogP contribution in [0.2, 0.25) is 0 Å². The van der Waals surface area contributed by atoms with Gasteiger partial charge in [-0.1, -0.05) is 61.2 Å². The zero-order chi connectivity index (χ0) is 25.1. The van der Waals surface area contributed by atoms with Gasteiger partial charge in [0, 0.05) is 16.7 Å². The average Bonchev–Trinajstić information content (AvgIpc) is 2.83. The summed E-state index contributed by atoms with van der Waals surface area (Å²) >= 11 is 0. The Morgan fingerprint density at radius 3 is 1.91 bits per heavy atom. The lowest BCUT2D eigenvalue weighted by Crippen LogP contribution is -2.02. The number of rotatable bonds is 11. The normalized spacial score (nSPS) is 12.1. The van der Waals surface area contributed by atoms with Gasteiger partial charge in [0.2, 0.25) is 0 Å². The minimum atomic E-state index is -0.155. The quantitative estimate of drug-likeness (QED) is 0.153. The molecule has 2 rings (SSSR count). The van der Waals surface area contributed by atoms with E-state index in [1.165, 1.54) is 6.92 Å². The van der Waals surface area contributed by atoms with Gasteiger partial charge in [-0.3, -0.25) is 9.59 Å². The van der Waals surface area contributed by atoms with Crippen molar-refractivity contribution in [2.45, 2.75) is 27.7 Å². The Balaban J connectivity index is 1.97. The molecule has 0 aliphatic heterocycles. The molecular formula is C30H30O4. The fourth-order valence-electron chi connectivity index (χ4n) is 2.85. The summed E-state index contributed by atoms with van der Waals surface area (Å²) in [7, 11) is 0. The standard InChI is InChI=1S/C30H30O4/c1-7-25(30(32)27-16-14-26(15-17-27)24(6)31)13-11-22(4)33-28(8-2)20-12-23(5)34-29-18-9-21(3)10-19-29/h7-20H,4-5H2,1-3,6H3/b13-11-,20-12-,25-7+,28-8+. The Labute approximate surface area is 201 Å². The van der Waals surface area contributed by atoms with Crippen molar-refractivity contribution in [3.8, 4) is 5.75 Å². The second-order valence-electron chi connectivity index (χ2n) is 7.51. The zero-order valence-electron chi connectivity index (χ0n) is 20.1. The molecular weight excluding hydrogens is 424 g/mol. The van der Waals surface area contributed by atoms with E-state index < -0.39 is 0 Å². The van der Waals surface area contributed by atoms with E-state index in [2.05, 4.69) is 13.2 Å². The number of hydrogen-bond donors (Lipinski definition) is 0. The molecule has 2 aromatic carbocycles. The monoisotopic (exact) mass is 454 g/mol. The number of ether oxygens (including phenoxy) is 2. The maximum absolute atomic E-state index is 12.8. The van der Waals surface area contributed by atoms with Gasteiger partial charge in [-0.15, -0.1) is 0 Å². The summed E-state index contributed by atoms with van der Waals surface area (Å²) in [6, 6.07) is 14.3. The number of carbonyl (C=O) groups excluding carboxylic acids is 2. The van der Waals surface area contributed by atoms with E-state index in [0.29, 0.717) is 39.7 Å². The number of hydrogen-bond acceptors (Lipinski definition) is 4. The molecule has 0 fully saturated rings. The van der Waals surface area contributed by atoms with Gasteiger partial charge in [-0.05, 0) is 70.2 Å². The van der Waals surface area contributed by atoms with Gasteiger partial charge >= 0.3 is 0 Å². The van der Waals surface area contributed by atoms with Gasteiger partial charge in [-0.25, -0.2) is 0 Å². The smallest absolute Gasteiger partial charge is 0.192 e. The van der Waals surface area contributed by atoms with Crippen LogP contribution in [0, 0.1) is 6.92 Å². The molecule has 34 heavy (non-hydrogen) atoms. The van der Waals surface area contributed by atoms with Crippen molar-refractivity contribution in [1.29, 1.82) is 0 Å². The van der Waals surface area contributed by atoms with Crippen molar-refractivity contribution in [2.75, 3.05) is 0 Å². The van der Waals surface area contributed by atoms with E-state index in [4.69, 9.17) is 9.47 Å². The molecule has 0 saturated carbocycles. The van der Waals surface area contributed by atoms with Crippen LogP contribution in [0.5, 0.6) is 5.75 Å². The van der Waals surface area contributed by atoms with Crippen LogP contribution in [-0.4, -0.2) is 11.6 Å². The molecule has 0 N–H and O–H groups in total. The first-order valence-corrected chi connectivity index (χ1v) is 10.9. The predicted octanol–water partition coefficient (Wildman–Crippen LogP) is 7.47. The van der Waals surface area contributed by atoms with Crippen LogP contribution in [0.1, 0.15) is 47.1 Å². The van der Waals surface area contributed by atoms with Gasteiger partial charge < -0.3 is 9.47 Å². The van der Waals surface area contributed by atoms with Crippen LogP contribution in [-0.2, 0) is 4.74 Å². The molecule has 0 unspecified atom stereocenters. The van der Waals surface area contributed by atoms with Crippen molar-refractivity contribution >= 4 is 11.6 Å². The first-order chi connectivity index (χ1) is 16.2. The third-order valence-corrected chi connectivity index (χ3v) is 4.81. The number of carbonyl (C=O) groups is 2. The summed E-state index contributed by atoms with van der Waals surface area (Å²) in [5.74, 6) is 1.88. The highest BCUT2D eigenvalue weighted by Crippen LogP contribution is 2.17. The van der Waals surface area contributed by atoms with Crippen molar-refractivity contribution in [3.63, 3.8) is 0 Å². The number of allylic oxidation sites excluding steroid dienone is 7. The van der Waals surface area contributed by atoms with Crippen LogP contribution in [0.4, 0.5) is 0 Å². The molecule has 4 heteroatoms. The molecule has 0 radical (unpaired) electrons. The van der Waals surface area contributed by atoms with Gasteiger partial charge in [-0.2, -0.15) is 0 Å². The molecule has 0 bridgehead atoms. The maximum atomic E-state index is 12.8. The fourth-order valence-corrected chi connectivity index (χ4v) is 2.85. The Morgan fingerprint density at radius 1 is 0.765 bits per heavy atom. The molecule has 174 valence electrons. The minimum Gasteiger partial charge on any atom is -0.458 e. The van der Waals surface area contributed by atoms with Crippen LogP contribution in [0.25, 0.3) is 0 Å². The van der Waals surface area contributed by atoms with E-state index in [-0.39, 0.29) is 11.6 Å². The first kappa shape index (κ1) is 26.1. The first-order valence-electron chi connectivity index (χ1n) is 10.9. The Kier molecular flexibility index (Phi) is 9.78. The van der Waals surface area contributed by atoms with E-state index in [9.17, 15) is 9.59 Å². The average molecular weight is 455 g/mol. The summed E-state index contributed by atoms with van der Waals surface area (Å²) < 4.78 is 11.4. The molecule has 4 nitrogen and oxygen atoms in total. The van der Waals surface area contributed by atoms with Crippen LogP contribution in [0.3, 0.4) is 0 Å². The molecule has 0 aliphatic rings. The molecule has 0 aromatic heterocycles. The topological polar surface area (TPSA) is 52.6 Å². The predicted molar refractivity (Wildman–Crippen MR) is 138 cm³/mol. The summed E-state index contributed by atoms with van der Waals surface area (Å²) in [5.41, 5.74) is 2.70. The van der Waals surface area contributed by atoms with Gasteiger partial charge in [0.05, 0.1) is 0 Å². The number of aryl methyl sites for hydroxylation is 1. The van der Waals surface area contributed by atoms with E-state index in [1.807, 2.05) is 38.1 Å². The van der Waals surface area contributed by atoms with E-state index in [0.717, 1.165) is 5.56 Å². The van der Waals surface area contributed by atoms with Gasteiger partial charge in [0.15, 0.2) is 11.6 Å². The molecule has 0 aliphatic carbocycles. The van der Waals surface area contributed by atoms with Crippen molar-refractivity contribution in [2.24, 2.45) is 0 Å². The lowest BCUT2D eigenvalue weighted by atomic mass is 10.0. The lowest BCUT2D eigenvalue weighted by molar-refractivity contribution is 0.101. The number of Topliss-reactive ketones (excluding diaryl/α,β-unsaturated/α-hetero) is 2. The summed E-state index contributed by atoms with van der Waals surface area (Å²) in [5, 5.41) is 0. The Morgan fingerprint density at radius 2 is 1.35 bits per heavy atom. The van der Waals surface area contributed by atoms with E-state index in [1.54, 1.807) is 67.6 Å². The van der Waals surface area contributed by atoms with Crippen molar-refractivity contribution < 1.29 is 19.1 Å². The molecule has 0 saturated heterocycles. The highest BCUT2D eigenvalue weighted by Gasteiger charge is 2.10. The molecule has 2 aromatic rings. The lowest BCUT2D eigenvalue weighted by Gasteiger charge is -2.08. The highest BCUT2D eigenvalue weighted by molar-refractivity contribution is 6.10. The summed E-state index contributed by atoms with van der Waals surface area (Å²) in [4.78, 5) is 24.2. The molecule has 0 heterocycles. The van der Waals surface area contributed by atoms with Gasteiger partial charge in [0.25, 0.3) is 0 Å². The number of benzene rings is 2. The second kappa shape index (κ2) is 12.8. The third kappa shape index (κ3) is 8.06. The van der Waals surface area contributed by atoms with Crippen molar-refractivity contribution in [1.82, 2.24) is 0 Å². The third-order valence-electron chi connectivity index (χ3n) is 4.81. The van der Waals surface area contributed by atoms with Crippen LogP contribution >= 0.6 is 0 Å². The molecule has 0 spiro atoms. The SMILES string of the molecule is C=C(/C=C\C(=C/C)C(=O)c1ccc(C(C)=O)cc1)OC(/C=C\C(=C)Oc1ccc(C)cc1)=C/C. The molecule has 0 amide bonds. The summed E-state index contributed by atoms with van der Waals surface area (Å²) in [6.45, 7) is 14.9. The highest BCUT2D eigenvalue weighted by atomic mass is 16.5.